The van der Waals surface area contributed by atoms with Crippen LogP contribution < -0.4 is 5.73 Å². The normalized spacial score (nSPS) is 23.4. The van der Waals surface area contributed by atoms with Crippen LogP contribution in [-0.2, 0) is 11.2 Å². The lowest BCUT2D eigenvalue weighted by atomic mass is 10.1. The number of likely N-dealkylation sites (tertiary alicyclic amines) is 1. The molecule has 0 radical (unpaired) electrons. The van der Waals surface area contributed by atoms with Crippen LogP contribution >= 0.6 is 0 Å². The summed E-state index contributed by atoms with van der Waals surface area (Å²) in [4.78, 5) is 20.0. The van der Waals surface area contributed by atoms with Gasteiger partial charge in [0.25, 0.3) is 0 Å². The highest BCUT2D eigenvalue weighted by Crippen LogP contribution is 2.14. The Morgan fingerprint density at radius 2 is 2.62 bits per heavy atom. The summed E-state index contributed by atoms with van der Waals surface area (Å²) < 4.78 is 0. The SMILES string of the molecule is N[C@H]1CCN(C(Cc2c[nH]cn2)C(=O)O)C1. The fraction of sp³-hybridized carbons (Fsp3) is 0.600. The number of carbonyl (C=O) groups is 1. The van der Waals surface area contributed by atoms with Gasteiger partial charge in [0.2, 0.25) is 0 Å². The number of nitrogens with one attached hydrogen (secondary N) is 1. The highest BCUT2D eigenvalue weighted by atomic mass is 16.4. The van der Waals surface area contributed by atoms with Crippen LogP contribution in [0.1, 0.15) is 12.1 Å². The second kappa shape index (κ2) is 4.63. The number of aliphatic carboxylic acids is 1. The number of aromatic amines is 1. The summed E-state index contributed by atoms with van der Waals surface area (Å²) in [7, 11) is 0. The Balaban J connectivity index is 2.03. The molecule has 6 heteroatoms. The molecule has 0 bridgehead atoms. The number of carboxylic acid groups (broad SMARTS) is 1. The van der Waals surface area contributed by atoms with Gasteiger partial charge in [-0.15, -0.1) is 0 Å². The van der Waals surface area contributed by atoms with E-state index in [9.17, 15) is 9.90 Å². The van der Waals surface area contributed by atoms with E-state index in [4.69, 9.17) is 5.73 Å². The van der Waals surface area contributed by atoms with Gasteiger partial charge in [-0.2, -0.15) is 0 Å². The molecular weight excluding hydrogens is 208 g/mol. The molecule has 1 unspecified atom stereocenters. The minimum Gasteiger partial charge on any atom is -0.480 e. The molecular formula is C10H16N4O2. The van der Waals surface area contributed by atoms with Crippen LogP contribution in [-0.4, -0.2) is 51.1 Å². The van der Waals surface area contributed by atoms with E-state index in [1.165, 1.54) is 0 Å². The van der Waals surface area contributed by atoms with Crippen LogP contribution in [0.5, 0.6) is 0 Å². The molecule has 0 saturated carbocycles. The maximum Gasteiger partial charge on any atom is 0.321 e. The monoisotopic (exact) mass is 224 g/mol. The lowest BCUT2D eigenvalue weighted by Crippen LogP contribution is -2.42. The third-order valence-corrected chi connectivity index (χ3v) is 2.94. The zero-order valence-corrected chi connectivity index (χ0v) is 8.97. The molecule has 6 nitrogen and oxygen atoms in total. The van der Waals surface area contributed by atoms with Crippen LogP contribution in [0.3, 0.4) is 0 Å². The van der Waals surface area contributed by atoms with E-state index < -0.39 is 12.0 Å². The van der Waals surface area contributed by atoms with Crippen molar-refractivity contribution in [3.63, 3.8) is 0 Å². The minimum absolute atomic E-state index is 0.0982. The van der Waals surface area contributed by atoms with Crippen LogP contribution in [0.2, 0.25) is 0 Å². The van der Waals surface area contributed by atoms with E-state index in [1.54, 1.807) is 12.5 Å². The second-order valence-electron chi connectivity index (χ2n) is 4.16. The van der Waals surface area contributed by atoms with Crippen molar-refractivity contribution in [1.29, 1.82) is 0 Å². The predicted molar refractivity (Wildman–Crippen MR) is 57.9 cm³/mol. The smallest absolute Gasteiger partial charge is 0.321 e. The van der Waals surface area contributed by atoms with E-state index in [0.717, 1.165) is 18.7 Å². The quantitative estimate of drug-likeness (QED) is 0.637. The molecule has 2 atom stereocenters. The number of hydrogen-bond acceptors (Lipinski definition) is 4. The molecule has 1 fully saturated rings. The molecule has 1 aliphatic heterocycles. The van der Waals surface area contributed by atoms with E-state index >= 15 is 0 Å². The first-order valence-corrected chi connectivity index (χ1v) is 5.37. The summed E-state index contributed by atoms with van der Waals surface area (Å²) in [5.74, 6) is -0.808. The summed E-state index contributed by atoms with van der Waals surface area (Å²) in [6.45, 7) is 1.41. The number of aromatic nitrogens is 2. The summed E-state index contributed by atoms with van der Waals surface area (Å²) in [6.07, 6.45) is 4.58. The zero-order valence-electron chi connectivity index (χ0n) is 8.97. The van der Waals surface area contributed by atoms with Gasteiger partial charge >= 0.3 is 5.97 Å². The van der Waals surface area contributed by atoms with Crippen molar-refractivity contribution in [2.75, 3.05) is 13.1 Å². The molecule has 88 valence electrons. The van der Waals surface area contributed by atoms with Crippen molar-refractivity contribution in [2.45, 2.75) is 24.9 Å². The number of carboxylic acids is 1. The van der Waals surface area contributed by atoms with Crippen molar-refractivity contribution < 1.29 is 9.90 Å². The highest BCUT2D eigenvalue weighted by molar-refractivity contribution is 5.73. The van der Waals surface area contributed by atoms with E-state index in [0.29, 0.717) is 13.0 Å². The molecule has 0 aliphatic carbocycles. The summed E-state index contributed by atoms with van der Waals surface area (Å²) in [5, 5.41) is 9.20. The van der Waals surface area contributed by atoms with Gasteiger partial charge < -0.3 is 15.8 Å². The number of hydrogen-bond donors (Lipinski definition) is 3. The molecule has 1 aromatic rings. The van der Waals surface area contributed by atoms with Gasteiger partial charge in [-0.25, -0.2) is 4.98 Å². The van der Waals surface area contributed by atoms with Gasteiger partial charge in [-0.05, 0) is 6.42 Å². The van der Waals surface area contributed by atoms with Gasteiger partial charge in [-0.3, -0.25) is 9.69 Å². The number of nitrogens with two attached hydrogens (primary N) is 1. The minimum atomic E-state index is -0.808. The largest absolute Gasteiger partial charge is 0.480 e. The first kappa shape index (κ1) is 11.1. The van der Waals surface area contributed by atoms with Gasteiger partial charge in [0.1, 0.15) is 6.04 Å². The van der Waals surface area contributed by atoms with Crippen molar-refractivity contribution >= 4 is 5.97 Å². The maximum atomic E-state index is 11.2. The average molecular weight is 224 g/mol. The first-order valence-electron chi connectivity index (χ1n) is 5.37. The van der Waals surface area contributed by atoms with Gasteiger partial charge in [-0.1, -0.05) is 0 Å². The lowest BCUT2D eigenvalue weighted by Gasteiger charge is -2.23. The van der Waals surface area contributed by atoms with Crippen LogP contribution in [0, 0.1) is 0 Å². The Hall–Kier alpha value is -1.40. The molecule has 16 heavy (non-hydrogen) atoms. The first-order chi connectivity index (χ1) is 7.66. The molecule has 2 heterocycles. The molecule has 1 aromatic heterocycles. The summed E-state index contributed by atoms with van der Waals surface area (Å²) in [5.41, 5.74) is 6.55. The average Bonchev–Trinajstić information content (AvgIpc) is 2.84. The number of rotatable bonds is 4. The summed E-state index contributed by atoms with van der Waals surface area (Å²) in [6, 6.07) is -0.419. The topological polar surface area (TPSA) is 95.2 Å². The molecule has 1 saturated heterocycles. The third kappa shape index (κ3) is 2.40. The van der Waals surface area contributed by atoms with Crippen LogP contribution in [0.25, 0.3) is 0 Å². The summed E-state index contributed by atoms with van der Waals surface area (Å²) >= 11 is 0. The zero-order chi connectivity index (χ0) is 11.5. The molecule has 2 rings (SSSR count). The van der Waals surface area contributed by atoms with Gasteiger partial charge in [0.05, 0.1) is 12.0 Å². The van der Waals surface area contributed by atoms with Crippen molar-refractivity contribution in [2.24, 2.45) is 5.73 Å². The molecule has 4 N–H and O–H groups in total. The molecule has 0 spiro atoms. The molecule has 0 aromatic carbocycles. The third-order valence-electron chi connectivity index (χ3n) is 2.94. The standard InChI is InChI=1S/C10H16N4O2/c11-7-1-2-14(5-7)9(10(15)16)3-8-4-12-6-13-8/h4,6-7,9H,1-3,5,11H2,(H,12,13)(H,15,16)/t7-,9?/m0/s1. The Labute approximate surface area is 93.5 Å². The fourth-order valence-corrected chi connectivity index (χ4v) is 2.07. The van der Waals surface area contributed by atoms with E-state index in [1.807, 2.05) is 4.90 Å². The van der Waals surface area contributed by atoms with E-state index in [-0.39, 0.29) is 6.04 Å². The van der Waals surface area contributed by atoms with Crippen molar-refractivity contribution in [3.8, 4) is 0 Å². The Kier molecular flexibility index (Phi) is 3.21. The van der Waals surface area contributed by atoms with Crippen LogP contribution in [0.4, 0.5) is 0 Å². The number of nitrogens with zero attached hydrogens (tertiary/aromatic N) is 2. The van der Waals surface area contributed by atoms with Crippen molar-refractivity contribution in [1.82, 2.24) is 14.9 Å². The molecule has 1 aliphatic rings. The highest BCUT2D eigenvalue weighted by Gasteiger charge is 2.31. The predicted octanol–water partition coefficient (Wildman–Crippen LogP) is -0.562. The van der Waals surface area contributed by atoms with Crippen molar-refractivity contribution in [3.05, 3.63) is 18.2 Å². The van der Waals surface area contributed by atoms with Gasteiger partial charge in [0.15, 0.2) is 0 Å². The Morgan fingerprint density at radius 3 is 3.12 bits per heavy atom. The number of H-pyrrole nitrogens is 1. The fourth-order valence-electron chi connectivity index (χ4n) is 2.07. The molecule has 0 amide bonds. The maximum absolute atomic E-state index is 11.2. The Morgan fingerprint density at radius 1 is 1.81 bits per heavy atom. The second-order valence-corrected chi connectivity index (χ2v) is 4.16. The van der Waals surface area contributed by atoms with Gasteiger partial charge in [0, 0.05) is 31.7 Å². The van der Waals surface area contributed by atoms with Crippen LogP contribution in [0.15, 0.2) is 12.5 Å². The lowest BCUT2D eigenvalue weighted by molar-refractivity contribution is -0.142. The van der Waals surface area contributed by atoms with E-state index in [2.05, 4.69) is 9.97 Å². The number of imidazole rings is 1. The Bertz CT molecular complexity index is 352.